The predicted molar refractivity (Wildman–Crippen MR) is 123 cm³/mol. The third-order valence-electron chi connectivity index (χ3n) is 6.10. The number of anilines is 1. The Bertz CT molecular complexity index is 821. The molecule has 0 unspecified atom stereocenters. The van der Waals surface area contributed by atoms with Gasteiger partial charge in [0, 0.05) is 49.9 Å². The Hall–Kier alpha value is -2.03. The number of rotatable bonds is 7. The minimum absolute atomic E-state index is 0.0143. The third kappa shape index (κ3) is 5.81. The molecule has 2 saturated heterocycles. The molecule has 4 rings (SSSR count). The second-order valence-corrected chi connectivity index (χ2v) is 9.70. The molecule has 0 aromatic carbocycles. The molecule has 2 aromatic heterocycles. The Morgan fingerprint density at radius 1 is 1.26 bits per heavy atom. The van der Waals surface area contributed by atoms with Crippen LogP contribution in [0, 0.1) is 11.8 Å². The lowest BCUT2D eigenvalue weighted by molar-refractivity contribution is -0.125. The first-order valence-electron chi connectivity index (χ1n) is 11.3. The molecule has 0 radical (unpaired) electrons. The van der Waals surface area contributed by atoms with E-state index in [1.165, 1.54) is 5.56 Å². The first kappa shape index (κ1) is 22.2. The molecule has 1 N–H and O–H groups in total. The van der Waals surface area contributed by atoms with Gasteiger partial charge in [-0.1, -0.05) is 19.9 Å². The van der Waals surface area contributed by atoms with Crippen LogP contribution in [0.4, 0.5) is 5.82 Å². The molecule has 168 valence electrons. The van der Waals surface area contributed by atoms with Gasteiger partial charge in [-0.25, -0.2) is 9.97 Å². The van der Waals surface area contributed by atoms with Gasteiger partial charge in [0.1, 0.15) is 10.8 Å². The molecule has 2 aromatic rings. The first-order valence-corrected chi connectivity index (χ1v) is 12.2. The first-order chi connectivity index (χ1) is 15.1. The zero-order valence-corrected chi connectivity index (χ0v) is 19.3. The van der Waals surface area contributed by atoms with E-state index in [0.717, 1.165) is 69.6 Å². The molecule has 2 aliphatic rings. The predicted octanol–water partition coefficient (Wildman–Crippen LogP) is 3.10. The van der Waals surface area contributed by atoms with Gasteiger partial charge in [0.25, 0.3) is 0 Å². The standard InChI is InChI=1S/C23H33N5O2S/c1-17(2)22(29)26-21(23-24-7-13-31-23)19-4-3-8-27(16-19)15-18-5-6-20(25-14-18)28-9-11-30-12-10-28/h5-7,13-14,17,19,21H,3-4,8-12,15-16H2,1-2H3,(H,26,29)/t19-,21+/m0/s1. The highest BCUT2D eigenvalue weighted by Crippen LogP contribution is 2.32. The number of piperidine rings is 1. The summed E-state index contributed by atoms with van der Waals surface area (Å²) in [5.74, 6) is 1.46. The van der Waals surface area contributed by atoms with E-state index >= 15 is 0 Å². The van der Waals surface area contributed by atoms with E-state index in [0.29, 0.717) is 5.92 Å². The van der Waals surface area contributed by atoms with E-state index in [9.17, 15) is 4.79 Å². The van der Waals surface area contributed by atoms with Crippen molar-refractivity contribution in [2.45, 2.75) is 39.3 Å². The SMILES string of the molecule is CC(C)C(=O)N[C@@H](c1nccs1)[C@H]1CCCN(Cc2ccc(N3CCOCC3)nc2)C1. The number of carbonyl (C=O) groups excluding carboxylic acids is 1. The van der Waals surface area contributed by atoms with Crippen molar-refractivity contribution in [3.63, 3.8) is 0 Å². The highest BCUT2D eigenvalue weighted by molar-refractivity contribution is 7.09. The molecule has 4 heterocycles. The van der Waals surface area contributed by atoms with Crippen LogP contribution >= 0.6 is 11.3 Å². The number of nitrogens with zero attached hydrogens (tertiary/aromatic N) is 4. The number of likely N-dealkylation sites (tertiary alicyclic amines) is 1. The number of pyridine rings is 1. The van der Waals surface area contributed by atoms with Gasteiger partial charge in [0.15, 0.2) is 0 Å². The van der Waals surface area contributed by atoms with Crippen LogP contribution in [0.5, 0.6) is 0 Å². The number of ether oxygens (including phenoxy) is 1. The minimum Gasteiger partial charge on any atom is -0.378 e. The van der Waals surface area contributed by atoms with Crippen LogP contribution in [0.15, 0.2) is 29.9 Å². The lowest BCUT2D eigenvalue weighted by Crippen LogP contribution is -2.43. The van der Waals surface area contributed by atoms with Crippen LogP contribution in [0.2, 0.25) is 0 Å². The highest BCUT2D eigenvalue weighted by Gasteiger charge is 2.31. The molecule has 0 bridgehead atoms. The molecule has 31 heavy (non-hydrogen) atoms. The molecule has 0 saturated carbocycles. The number of aromatic nitrogens is 2. The van der Waals surface area contributed by atoms with E-state index < -0.39 is 0 Å². The average Bonchev–Trinajstić information content (AvgIpc) is 3.33. The van der Waals surface area contributed by atoms with E-state index in [4.69, 9.17) is 9.72 Å². The molecule has 2 fully saturated rings. The summed E-state index contributed by atoms with van der Waals surface area (Å²) in [7, 11) is 0. The third-order valence-corrected chi connectivity index (χ3v) is 6.96. The fraction of sp³-hybridized carbons (Fsp3) is 0.609. The Kier molecular flexibility index (Phi) is 7.53. The maximum atomic E-state index is 12.5. The number of thiazole rings is 1. The van der Waals surface area contributed by atoms with Crippen molar-refractivity contribution in [3.05, 3.63) is 40.5 Å². The van der Waals surface area contributed by atoms with Crippen molar-refractivity contribution < 1.29 is 9.53 Å². The molecule has 8 heteroatoms. The zero-order valence-electron chi connectivity index (χ0n) is 18.5. The van der Waals surface area contributed by atoms with Crippen molar-refractivity contribution in [3.8, 4) is 0 Å². The number of hydrogen-bond donors (Lipinski definition) is 1. The smallest absolute Gasteiger partial charge is 0.223 e. The van der Waals surface area contributed by atoms with Crippen molar-refractivity contribution in [2.75, 3.05) is 44.3 Å². The number of amides is 1. The lowest BCUT2D eigenvalue weighted by Gasteiger charge is -2.37. The summed E-state index contributed by atoms with van der Waals surface area (Å²) in [4.78, 5) is 26.5. The van der Waals surface area contributed by atoms with E-state index in [-0.39, 0.29) is 17.9 Å². The molecule has 0 aliphatic carbocycles. The summed E-state index contributed by atoms with van der Waals surface area (Å²) in [6.45, 7) is 10.1. The maximum Gasteiger partial charge on any atom is 0.223 e. The van der Waals surface area contributed by atoms with Gasteiger partial charge in [0.05, 0.1) is 19.3 Å². The van der Waals surface area contributed by atoms with Gasteiger partial charge in [0.2, 0.25) is 5.91 Å². The lowest BCUT2D eigenvalue weighted by atomic mass is 9.90. The largest absolute Gasteiger partial charge is 0.378 e. The Morgan fingerprint density at radius 2 is 2.10 bits per heavy atom. The van der Waals surface area contributed by atoms with Crippen molar-refractivity contribution in [2.24, 2.45) is 11.8 Å². The van der Waals surface area contributed by atoms with Crippen LogP contribution in [0.3, 0.4) is 0 Å². The van der Waals surface area contributed by atoms with Crippen LogP contribution in [0.1, 0.15) is 43.3 Å². The Labute approximate surface area is 188 Å². The highest BCUT2D eigenvalue weighted by atomic mass is 32.1. The van der Waals surface area contributed by atoms with Crippen LogP contribution in [0.25, 0.3) is 0 Å². The molecule has 2 aliphatic heterocycles. The Morgan fingerprint density at radius 3 is 2.77 bits per heavy atom. The second kappa shape index (κ2) is 10.5. The molecular weight excluding hydrogens is 410 g/mol. The monoisotopic (exact) mass is 443 g/mol. The number of morpholine rings is 1. The molecule has 1 amide bonds. The number of carbonyl (C=O) groups is 1. The summed E-state index contributed by atoms with van der Waals surface area (Å²) < 4.78 is 5.43. The van der Waals surface area contributed by atoms with Crippen LogP contribution < -0.4 is 10.2 Å². The van der Waals surface area contributed by atoms with Gasteiger partial charge in [-0.2, -0.15) is 0 Å². The van der Waals surface area contributed by atoms with E-state index in [1.807, 2.05) is 31.6 Å². The fourth-order valence-electron chi connectivity index (χ4n) is 4.34. The summed E-state index contributed by atoms with van der Waals surface area (Å²) >= 11 is 1.63. The second-order valence-electron chi connectivity index (χ2n) is 8.77. The summed E-state index contributed by atoms with van der Waals surface area (Å²) in [5.41, 5.74) is 1.23. The topological polar surface area (TPSA) is 70.6 Å². The molecule has 2 atom stereocenters. The van der Waals surface area contributed by atoms with Gasteiger partial charge >= 0.3 is 0 Å². The van der Waals surface area contributed by atoms with E-state index in [1.54, 1.807) is 11.3 Å². The maximum absolute atomic E-state index is 12.5. The molecular formula is C23H33N5O2S. The summed E-state index contributed by atoms with van der Waals surface area (Å²) in [5, 5.41) is 6.27. The van der Waals surface area contributed by atoms with E-state index in [2.05, 4.69) is 32.2 Å². The minimum atomic E-state index is -0.0294. The van der Waals surface area contributed by atoms with Gasteiger partial charge in [-0.3, -0.25) is 9.69 Å². The van der Waals surface area contributed by atoms with Crippen molar-refractivity contribution in [1.82, 2.24) is 20.2 Å². The zero-order chi connectivity index (χ0) is 21.6. The van der Waals surface area contributed by atoms with Crippen LogP contribution in [-0.2, 0) is 16.1 Å². The number of nitrogens with one attached hydrogen (secondary N) is 1. The number of hydrogen-bond acceptors (Lipinski definition) is 7. The van der Waals surface area contributed by atoms with Crippen molar-refractivity contribution >= 4 is 23.1 Å². The van der Waals surface area contributed by atoms with Gasteiger partial charge in [-0.05, 0) is 36.9 Å². The Balaban J connectivity index is 1.39. The molecule has 0 spiro atoms. The van der Waals surface area contributed by atoms with Gasteiger partial charge in [-0.15, -0.1) is 11.3 Å². The average molecular weight is 444 g/mol. The normalized spacial score (nSPS) is 21.3. The summed E-state index contributed by atoms with van der Waals surface area (Å²) in [6.07, 6.45) is 6.07. The van der Waals surface area contributed by atoms with Crippen LogP contribution in [-0.4, -0.2) is 60.2 Å². The quantitative estimate of drug-likeness (QED) is 0.709. The fourth-order valence-corrected chi connectivity index (χ4v) is 5.12. The van der Waals surface area contributed by atoms with Crippen molar-refractivity contribution in [1.29, 1.82) is 0 Å². The van der Waals surface area contributed by atoms with Gasteiger partial charge < -0.3 is 15.0 Å². The summed E-state index contributed by atoms with van der Waals surface area (Å²) in [6, 6.07) is 4.31. The molecule has 7 nitrogen and oxygen atoms in total.